The largest absolute Gasteiger partial charge is 0.383 e. The van der Waals surface area contributed by atoms with Crippen molar-refractivity contribution in [3.8, 4) is 0 Å². The Morgan fingerprint density at radius 1 is 1.00 bits per heavy atom. The number of aromatic nitrogens is 2. The molecule has 0 aliphatic rings. The molecular weight excluding hydrogens is 248 g/mol. The first-order valence-corrected chi connectivity index (χ1v) is 6.97. The topological polar surface area (TPSA) is 63.8 Å². The van der Waals surface area contributed by atoms with Crippen molar-refractivity contribution in [2.24, 2.45) is 0 Å². The minimum atomic E-state index is 0.268. The molecule has 0 bridgehead atoms. The maximum absolute atomic E-state index is 5.98. The van der Waals surface area contributed by atoms with Crippen LogP contribution in [-0.2, 0) is 0 Å². The molecule has 1 aromatic heterocycles. The summed E-state index contributed by atoms with van der Waals surface area (Å²) >= 11 is 0. The third-order valence-corrected chi connectivity index (χ3v) is 3.33. The average Bonchev–Trinajstić information content (AvgIpc) is 2.38. The lowest BCUT2D eigenvalue weighted by molar-refractivity contribution is 0.851. The smallest absolute Gasteiger partial charge is 0.139 e. The van der Waals surface area contributed by atoms with Gasteiger partial charge in [-0.25, -0.2) is 9.97 Å². The number of para-hydroxylation sites is 1. The molecule has 0 saturated carbocycles. The van der Waals surface area contributed by atoms with Gasteiger partial charge in [-0.15, -0.1) is 0 Å². The van der Waals surface area contributed by atoms with Gasteiger partial charge in [0.1, 0.15) is 18.0 Å². The van der Waals surface area contributed by atoms with Crippen molar-refractivity contribution < 1.29 is 0 Å². The number of nitrogens with zero attached hydrogens (tertiary/aromatic N) is 2. The van der Waals surface area contributed by atoms with Gasteiger partial charge in [0.15, 0.2) is 0 Å². The molecule has 0 amide bonds. The number of anilines is 3. The number of benzene rings is 1. The molecule has 20 heavy (non-hydrogen) atoms. The Labute approximate surface area is 120 Å². The van der Waals surface area contributed by atoms with Crippen LogP contribution >= 0.6 is 0 Å². The van der Waals surface area contributed by atoms with Gasteiger partial charge in [0.2, 0.25) is 0 Å². The van der Waals surface area contributed by atoms with E-state index in [-0.39, 0.29) is 5.92 Å². The van der Waals surface area contributed by atoms with Crippen LogP contribution in [0.4, 0.5) is 17.3 Å². The van der Waals surface area contributed by atoms with E-state index in [2.05, 4.69) is 61.2 Å². The van der Waals surface area contributed by atoms with Crippen LogP contribution in [0.3, 0.4) is 0 Å². The van der Waals surface area contributed by atoms with Crippen LogP contribution in [0.5, 0.6) is 0 Å². The van der Waals surface area contributed by atoms with Crippen LogP contribution in [0.2, 0.25) is 0 Å². The first-order valence-electron chi connectivity index (χ1n) is 6.97. The maximum atomic E-state index is 5.98. The van der Waals surface area contributed by atoms with E-state index in [1.807, 2.05) is 6.07 Å². The van der Waals surface area contributed by atoms with Crippen molar-refractivity contribution in [3.05, 3.63) is 41.7 Å². The molecule has 0 unspecified atom stereocenters. The highest BCUT2D eigenvalue weighted by Gasteiger charge is 2.14. The minimum Gasteiger partial charge on any atom is -0.383 e. The van der Waals surface area contributed by atoms with Crippen molar-refractivity contribution in [1.82, 2.24) is 9.97 Å². The Balaban J connectivity index is 2.43. The van der Waals surface area contributed by atoms with E-state index < -0.39 is 0 Å². The van der Waals surface area contributed by atoms with E-state index in [1.54, 1.807) is 0 Å². The summed E-state index contributed by atoms with van der Waals surface area (Å²) in [6.07, 6.45) is 1.50. The summed E-state index contributed by atoms with van der Waals surface area (Å²) in [5.74, 6) is 2.05. The van der Waals surface area contributed by atoms with E-state index in [0.717, 1.165) is 17.1 Å². The minimum absolute atomic E-state index is 0.268. The number of hydrogen-bond acceptors (Lipinski definition) is 4. The Morgan fingerprint density at radius 3 is 2.35 bits per heavy atom. The van der Waals surface area contributed by atoms with Crippen LogP contribution in [-0.4, -0.2) is 9.97 Å². The molecule has 3 N–H and O–H groups in total. The summed E-state index contributed by atoms with van der Waals surface area (Å²) in [5.41, 5.74) is 9.28. The lowest BCUT2D eigenvalue weighted by Crippen LogP contribution is -2.07. The van der Waals surface area contributed by atoms with Crippen LogP contribution in [0.25, 0.3) is 0 Å². The first-order chi connectivity index (χ1) is 9.50. The number of hydrogen-bond donors (Lipinski definition) is 2. The summed E-state index contributed by atoms with van der Waals surface area (Å²) in [5, 5.41) is 3.41. The van der Waals surface area contributed by atoms with E-state index in [4.69, 9.17) is 5.73 Å². The molecule has 0 aliphatic heterocycles. The molecule has 0 spiro atoms. The Kier molecular flexibility index (Phi) is 4.23. The van der Waals surface area contributed by atoms with Gasteiger partial charge in [-0.05, 0) is 23.5 Å². The van der Waals surface area contributed by atoms with E-state index in [9.17, 15) is 0 Å². The zero-order valence-electron chi connectivity index (χ0n) is 12.5. The van der Waals surface area contributed by atoms with Gasteiger partial charge in [0.05, 0.1) is 0 Å². The molecule has 4 heteroatoms. The zero-order chi connectivity index (χ0) is 14.7. The van der Waals surface area contributed by atoms with Gasteiger partial charge in [-0.2, -0.15) is 0 Å². The number of nitrogen functional groups attached to an aromatic ring is 1. The maximum Gasteiger partial charge on any atom is 0.139 e. The monoisotopic (exact) mass is 270 g/mol. The predicted molar refractivity (Wildman–Crippen MR) is 84.3 cm³/mol. The molecule has 1 aromatic carbocycles. The molecule has 0 aliphatic carbocycles. The van der Waals surface area contributed by atoms with Gasteiger partial charge < -0.3 is 11.1 Å². The van der Waals surface area contributed by atoms with Crippen LogP contribution < -0.4 is 11.1 Å². The number of rotatable bonds is 4. The van der Waals surface area contributed by atoms with E-state index in [0.29, 0.717) is 11.7 Å². The molecule has 0 fully saturated rings. The van der Waals surface area contributed by atoms with Crippen molar-refractivity contribution >= 4 is 17.3 Å². The van der Waals surface area contributed by atoms with Crippen LogP contribution in [0.15, 0.2) is 30.6 Å². The van der Waals surface area contributed by atoms with Crippen LogP contribution in [0.1, 0.15) is 50.7 Å². The fourth-order valence-electron chi connectivity index (χ4n) is 2.32. The predicted octanol–water partition coefficient (Wildman–Crippen LogP) is 4.05. The summed E-state index contributed by atoms with van der Waals surface area (Å²) in [6.45, 7) is 8.54. The summed E-state index contributed by atoms with van der Waals surface area (Å²) < 4.78 is 0. The van der Waals surface area contributed by atoms with Gasteiger partial charge in [-0.1, -0.05) is 45.9 Å². The van der Waals surface area contributed by atoms with Gasteiger partial charge in [-0.3, -0.25) is 0 Å². The van der Waals surface area contributed by atoms with E-state index >= 15 is 0 Å². The third-order valence-electron chi connectivity index (χ3n) is 3.33. The number of nitrogens with two attached hydrogens (primary N) is 1. The molecule has 106 valence electrons. The van der Waals surface area contributed by atoms with Crippen LogP contribution in [0, 0.1) is 0 Å². The molecule has 0 radical (unpaired) electrons. The molecule has 0 saturated heterocycles. The fraction of sp³-hybridized carbons (Fsp3) is 0.375. The summed E-state index contributed by atoms with van der Waals surface area (Å²) in [6, 6.07) is 8.27. The normalized spacial score (nSPS) is 11.1. The molecule has 4 nitrogen and oxygen atoms in total. The molecule has 2 rings (SSSR count). The summed E-state index contributed by atoms with van der Waals surface area (Å²) in [4.78, 5) is 8.44. The third kappa shape index (κ3) is 2.90. The highest BCUT2D eigenvalue weighted by molar-refractivity contribution is 5.67. The van der Waals surface area contributed by atoms with Crippen molar-refractivity contribution in [2.45, 2.75) is 39.5 Å². The average molecular weight is 270 g/mol. The lowest BCUT2D eigenvalue weighted by atomic mass is 10.0. The second kappa shape index (κ2) is 5.90. The van der Waals surface area contributed by atoms with Gasteiger partial charge >= 0.3 is 0 Å². The van der Waals surface area contributed by atoms with Crippen molar-refractivity contribution in [1.29, 1.82) is 0 Å². The number of nitrogens with one attached hydrogen (secondary N) is 1. The second-order valence-electron chi connectivity index (χ2n) is 5.54. The van der Waals surface area contributed by atoms with Crippen molar-refractivity contribution in [3.63, 3.8) is 0 Å². The highest BCUT2D eigenvalue weighted by Crippen LogP contribution is 2.31. The Morgan fingerprint density at radius 2 is 1.70 bits per heavy atom. The zero-order valence-corrected chi connectivity index (χ0v) is 12.5. The summed E-state index contributed by atoms with van der Waals surface area (Å²) in [7, 11) is 0. The standard InChI is InChI=1S/C16H22N4/c1-10(2)12-7-5-6-8-13(12)20-16-14(11(3)4)15(17)18-9-19-16/h5-11H,1-4H3,(H3,17,18,19,20). The Bertz CT molecular complexity index is 591. The first kappa shape index (κ1) is 14.3. The molecule has 2 aromatic rings. The SMILES string of the molecule is CC(C)c1ccccc1Nc1ncnc(N)c1C(C)C. The van der Waals surface area contributed by atoms with E-state index in [1.165, 1.54) is 11.9 Å². The molecule has 1 heterocycles. The fourth-order valence-corrected chi connectivity index (χ4v) is 2.32. The van der Waals surface area contributed by atoms with Gasteiger partial charge in [0.25, 0.3) is 0 Å². The molecule has 0 atom stereocenters. The Hall–Kier alpha value is -2.10. The van der Waals surface area contributed by atoms with Crippen molar-refractivity contribution in [2.75, 3.05) is 11.1 Å². The van der Waals surface area contributed by atoms with Gasteiger partial charge in [0, 0.05) is 11.3 Å². The second-order valence-corrected chi connectivity index (χ2v) is 5.54. The highest BCUT2D eigenvalue weighted by atomic mass is 15.0. The quantitative estimate of drug-likeness (QED) is 0.879. The lowest BCUT2D eigenvalue weighted by Gasteiger charge is -2.18. The molecular formula is C16H22N4.